The quantitative estimate of drug-likeness (QED) is 0.365. The Morgan fingerprint density at radius 2 is 1.70 bits per heavy atom. The minimum absolute atomic E-state index is 0.0168. The summed E-state index contributed by atoms with van der Waals surface area (Å²) in [4.78, 5) is 9.98. The van der Waals surface area contributed by atoms with E-state index in [0.717, 1.165) is 17.7 Å². The third kappa shape index (κ3) is 6.65. The number of benzene rings is 2. The molecule has 0 saturated carbocycles. The summed E-state index contributed by atoms with van der Waals surface area (Å²) in [5.74, 6) is 0.181. The van der Waals surface area contributed by atoms with Crippen LogP contribution in [0.1, 0.15) is 11.1 Å². The van der Waals surface area contributed by atoms with Crippen molar-refractivity contribution in [2.75, 3.05) is 13.2 Å². The van der Waals surface area contributed by atoms with E-state index in [9.17, 15) is 26.4 Å². The topological polar surface area (TPSA) is 114 Å². The number of rotatable bonds is 8. The molecule has 2 rings (SSSR count). The molecule has 8 nitrogen and oxygen atoms in total. The molecule has 0 atom stereocenters. The van der Waals surface area contributed by atoms with E-state index in [4.69, 9.17) is 9.84 Å². The third-order valence-corrected chi connectivity index (χ3v) is 4.70. The molecule has 2 aromatic rings. The van der Waals surface area contributed by atoms with E-state index in [1.54, 1.807) is 6.92 Å². The summed E-state index contributed by atoms with van der Waals surface area (Å²) in [5.41, 5.74) is -1.23. The molecule has 0 radical (unpaired) electrons. The molecule has 0 aliphatic heterocycles. The maximum Gasteiger partial charge on any atom is 0.437 e. The van der Waals surface area contributed by atoms with Crippen LogP contribution in [0.3, 0.4) is 0 Å². The molecule has 30 heavy (non-hydrogen) atoms. The summed E-state index contributed by atoms with van der Waals surface area (Å²) < 4.78 is 73.7. The molecule has 0 saturated heterocycles. The largest absolute Gasteiger partial charge is 0.492 e. The molecule has 0 heterocycles. The van der Waals surface area contributed by atoms with Crippen LogP contribution in [-0.2, 0) is 14.4 Å². The van der Waals surface area contributed by atoms with Gasteiger partial charge < -0.3 is 15.2 Å². The Bertz CT molecular complexity index is 1000. The van der Waals surface area contributed by atoms with Crippen molar-refractivity contribution < 1.29 is 40.5 Å². The number of amides is 1. The van der Waals surface area contributed by atoms with Crippen LogP contribution in [-0.4, -0.2) is 44.7 Å². The lowest BCUT2D eigenvalue weighted by atomic mass is 10.1. The summed E-state index contributed by atoms with van der Waals surface area (Å²) in [6.07, 6.45) is -6.23. The lowest BCUT2D eigenvalue weighted by Gasteiger charge is -2.11. The molecule has 0 bridgehead atoms. The molecule has 0 aliphatic rings. The molecule has 0 unspecified atom stereocenters. The first-order valence-electron chi connectivity index (χ1n) is 8.34. The van der Waals surface area contributed by atoms with Crippen LogP contribution < -0.4 is 10.1 Å². The van der Waals surface area contributed by atoms with Crippen molar-refractivity contribution in [2.45, 2.75) is 18.0 Å². The van der Waals surface area contributed by atoms with E-state index in [0.29, 0.717) is 0 Å². The second kappa shape index (κ2) is 9.48. The first kappa shape index (κ1) is 23.0. The number of hydrogen-bond donors (Lipinski definition) is 2. The van der Waals surface area contributed by atoms with Gasteiger partial charge in [-0.1, -0.05) is 22.9 Å². The smallest absolute Gasteiger partial charge is 0.437 e. The zero-order valence-electron chi connectivity index (χ0n) is 15.5. The Morgan fingerprint density at radius 1 is 1.10 bits per heavy atom. The zero-order valence-corrected chi connectivity index (χ0v) is 16.3. The first-order chi connectivity index (χ1) is 14.0. The van der Waals surface area contributed by atoms with Crippen molar-refractivity contribution in [1.82, 2.24) is 5.32 Å². The maximum atomic E-state index is 13.4. The second-order valence-electron chi connectivity index (χ2n) is 5.88. The minimum Gasteiger partial charge on any atom is -0.492 e. The Hall–Kier alpha value is -3.28. The van der Waals surface area contributed by atoms with Gasteiger partial charge in [-0.05, 0) is 43.3 Å². The summed E-state index contributed by atoms with van der Waals surface area (Å²) in [6, 6.07) is 9.77. The lowest BCUT2D eigenvalue weighted by Crippen LogP contribution is -2.26. The Balaban J connectivity index is 2.17. The highest BCUT2D eigenvalue weighted by molar-refractivity contribution is 7.86. The van der Waals surface area contributed by atoms with Crippen molar-refractivity contribution in [3.63, 3.8) is 0 Å². The van der Waals surface area contributed by atoms with Crippen molar-refractivity contribution in [1.29, 1.82) is 0 Å². The van der Waals surface area contributed by atoms with Gasteiger partial charge in [0.1, 0.15) is 17.3 Å². The van der Waals surface area contributed by atoms with Gasteiger partial charge in [-0.25, -0.2) is 4.79 Å². The van der Waals surface area contributed by atoms with Gasteiger partial charge >= 0.3 is 22.4 Å². The Labute approximate surface area is 170 Å². The van der Waals surface area contributed by atoms with E-state index in [1.165, 1.54) is 36.4 Å². The summed E-state index contributed by atoms with van der Waals surface area (Å²) >= 11 is 0. The highest BCUT2D eigenvalue weighted by Gasteiger charge is 2.38. The van der Waals surface area contributed by atoms with Crippen molar-refractivity contribution in [3.8, 4) is 5.75 Å². The van der Waals surface area contributed by atoms with E-state index in [-0.39, 0.29) is 23.8 Å². The van der Waals surface area contributed by atoms with Gasteiger partial charge in [0.15, 0.2) is 5.71 Å². The molecular formula is C18H17F3N2O6S. The third-order valence-electron chi connectivity index (χ3n) is 3.58. The highest BCUT2D eigenvalue weighted by Crippen LogP contribution is 2.25. The predicted octanol–water partition coefficient (Wildman–Crippen LogP) is 3.31. The van der Waals surface area contributed by atoms with E-state index in [1.807, 2.05) is 0 Å². The van der Waals surface area contributed by atoms with Crippen LogP contribution in [0.25, 0.3) is 0 Å². The molecular weight excluding hydrogens is 429 g/mol. The number of aryl methyl sites for hydroxylation is 1. The fourth-order valence-corrected chi connectivity index (χ4v) is 2.87. The molecule has 2 N–H and O–H groups in total. The average Bonchev–Trinajstić information content (AvgIpc) is 2.65. The number of hydrogen-bond acceptors (Lipinski definition) is 6. The van der Waals surface area contributed by atoms with Crippen LogP contribution >= 0.6 is 0 Å². The Morgan fingerprint density at radius 3 is 2.23 bits per heavy atom. The lowest BCUT2D eigenvalue weighted by molar-refractivity contribution is -0.0597. The van der Waals surface area contributed by atoms with Crippen LogP contribution in [0.2, 0.25) is 0 Å². The van der Waals surface area contributed by atoms with Crippen molar-refractivity contribution >= 4 is 21.9 Å². The van der Waals surface area contributed by atoms with Gasteiger partial charge in [-0.2, -0.15) is 21.6 Å². The zero-order chi connectivity index (χ0) is 22.4. The number of nitrogens with zero attached hydrogens (tertiary/aromatic N) is 1. The van der Waals surface area contributed by atoms with Crippen LogP contribution in [0.15, 0.2) is 58.6 Å². The van der Waals surface area contributed by atoms with Gasteiger partial charge in [0, 0.05) is 5.56 Å². The SMILES string of the molecule is Cc1ccc(S(=O)(=O)O/N=C(/c2ccc(OCCNC(=O)O)cc2)C(F)(F)F)cc1. The molecule has 0 aliphatic carbocycles. The maximum absolute atomic E-state index is 13.4. The van der Waals surface area contributed by atoms with Crippen molar-refractivity contribution in [2.24, 2.45) is 5.16 Å². The molecule has 0 spiro atoms. The fourth-order valence-electron chi connectivity index (χ4n) is 2.14. The number of oxime groups is 1. The van der Waals surface area contributed by atoms with Gasteiger partial charge in [-0.3, -0.25) is 4.28 Å². The van der Waals surface area contributed by atoms with Gasteiger partial charge in [0.05, 0.1) is 6.54 Å². The van der Waals surface area contributed by atoms with Crippen LogP contribution in [0.5, 0.6) is 5.75 Å². The average molecular weight is 446 g/mol. The number of ether oxygens (including phenoxy) is 1. The van der Waals surface area contributed by atoms with Crippen LogP contribution in [0.4, 0.5) is 18.0 Å². The Kier molecular flexibility index (Phi) is 7.27. The second-order valence-corrected chi connectivity index (χ2v) is 7.41. The van der Waals surface area contributed by atoms with Gasteiger partial charge in [0.2, 0.25) is 0 Å². The van der Waals surface area contributed by atoms with E-state index < -0.39 is 33.7 Å². The number of alkyl halides is 3. The van der Waals surface area contributed by atoms with Gasteiger partial charge in [-0.15, -0.1) is 0 Å². The van der Waals surface area contributed by atoms with Crippen molar-refractivity contribution in [3.05, 3.63) is 59.7 Å². The van der Waals surface area contributed by atoms with E-state index in [2.05, 4.69) is 14.8 Å². The van der Waals surface area contributed by atoms with Gasteiger partial charge in [0.25, 0.3) is 0 Å². The number of carbonyl (C=O) groups is 1. The normalized spacial score (nSPS) is 12.3. The molecule has 2 aromatic carbocycles. The molecule has 12 heteroatoms. The first-order valence-corrected chi connectivity index (χ1v) is 9.75. The number of nitrogens with one attached hydrogen (secondary N) is 1. The van der Waals surface area contributed by atoms with E-state index >= 15 is 0 Å². The summed E-state index contributed by atoms with van der Waals surface area (Å²) in [7, 11) is -4.54. The molecule has 0 fully saturated rings. The molecule has 162 valence electrons. The highest BCUT2D eigenvalue weighted by atomic mass is 32.2. The standard InChI is InChI=1S/C18H17F3N2O6S/c1-12-2-8-15(9-3-12)30(26,27)29-23-16(18(19,20)21)13-4-6-14(7-5-13)28-11-10-22-17(24)25/h2-9,22H,10-11H2,1H3,(H,24,25)/b23-16-. The summed E-state index contributed by atoms with van der Waals surface area (Å²) in [6.45, 7) is 1.66. The monoisotopic (exact) mass is 446 g/mol. The number of halogens is 3. The minimum atomic E-state index is -4.99. The number of carboxylic acid groups (broad SMARTS) is 1. The predicted molar refractivity (Wildman–Crippen MR) is 100 cm³/mol. The molecule has 1 amide bonds. The summed E-state index contributed by atoms with van der Waals surface area (Å²) in [5, 5.41) is 13.3. The fraction of sp³-hybridized carbons (Fsp3) is 0.222. The molecule has 0 aromatic heterocycles. The van der Waals surface area contributed by atoms with Crippen LogP contribution in [0, 0.1) is 6.92 Å².